The molecule has 0 aliphatic rings. The highest BCUT2D eigenvalue weighted by Gasteiger charge is 2.18. The zero-order valence-corrected chi connectivity index (χ0v) is 13.2. The molecule has 0 aliphatic carbocycles. The van der Waals surface area contributed by atoms with Crippen molar-refractivity contribution in [3.8, 4) is 0 Å². The highest BCUT2D eigenvalue weighted by Crippen LogP contribution is 2.21. The summed E-state index contributed by atoms with van der Waals surface area (Å²) in [7, 11) is 0. The summed E-state index contributed by atoms with van der Waals surface area (Å²) in [6.45, 7) is 1.59. The molecule has 1 aromatic heterocycles. The second kappa shape index (κ2) is 6.49. The molecule has 1 aromatic carbocycles. The van der Waals surface area contributed by atoms with Gasteiger partial charge >= 0.3 is 0 Å². The van der Waals surface area contributed by atoms with E-state index in [1.165, 1.54) is 18.3 Å². The van der Waals surface area contributed by atoms with Crippen LogP contribution in [0.1, 0.15) is 28.9 Å². The number of amides is 1. The number of nitrogens with zero attached hydrogens (tertiary/aromatic N) is 1. The SMILES string of the molecule is CC(NC(=O)c1cc(Br)cnc1Cl)c1ccc(F)cc1F. The fraction of sp³-hybridized carbons (Fsp3) is 0.143. The summed E-state index contributed by atoms with van der Waals surface area (Å²) < 4.78 is 27.1. The molecule has 2 rings (SSSR count). The minimum absolute atomic E-state index is 0.0440. The quantitative estimate of drug-likeness (QED) is 0.814. The van der Waals surface area contributed by atoms with E-state index in [4.69, 9.17) is 11.6 Å². The van der Waals surface area contributed by atoms with Gasteiger partial charge in [-0.2, -0.15) is 0 Å². The lowest BCUT2D eigenvalue weighted by Crippen LogP contribution is -2.27. The molecule has 7 heteroatoms. The predicted molar refractivity (Wildman–Crippen MR) is 79.2 cm³/mol. The Morgan fingerprint density at radius 3 is 2.76 bits per heavy atom. The molecule has 0 fully saturated rings. The van der Waals surface area contributed by atoms with Crippen molar-refractivity contribution in [3.05, 3.63) is 62.8 Å². The summed E-state index contributed by atoms with van der Waals surface area (Å²) in [6, 6.07) is 4.06. The lowest BCUT2D eigenvalue weighted by molar-refractivity contribution is 0.0939. The minimum atomic E-state index is -0.721. The summed E-state index contributed by atoms with van der Waals surface area (Å²) >= 11 is 9.05. The fourth-order valence-electron chi connectivity index (χ4n) is 1.79. The fourth-order valence-corrected chi connectivity index (χ4v) is 2.31. The molecule has 3 nitrogen and oxygen atoms in total. The number of halogens is 4. The first-order valence-electron chi connectivity index (χ1n) is 5.95. The van der Waals surface area contributed by atoms with E-state index in [2.05, 4.69) is 26.2 Å². The van der Waals surface area contributed by atoms with Gasteiger partial charge in [0.15, 0.2) is 0 Å². The monoisotopic (exact) mass is 374 g/mol. The molecule has 0 saturated carbocycles. The molecule has 0 radical (unpaired) electrons. The molecule has 1 heterocycles. The highest BCUT2D eigenvalue weighted by molar-refractivity contribution is 9.10. The first-order valence-corrected chi connectivity index (χ1v) is 7.12. The van der Waals surface area contributed by atoms with Crippen molar-refractivity contribution < 1.29 is 13.6 Å². The molecular formula is C14H10BrClF2N2O. The summed E-state index contributed by atoms with van der Waals surface area (Å²) in [5, 5.41) is 2.64. The van der Waals surface area contributed by atoms with Crippen molar-refractivity contribution >= 4 is 33.4 Å². The van der Waals surface area contributed by atoms with Gasteiger partial charge in [0.25, 0.3) is 5.91 Å². The van der Waals surface area contributed by atoms with Gasteiger partial charge in [0.2, 0.25) is 0 Å². The van der Waals surface area contributed by atoms with Crippen LogP contribution in [0.5, 0.6) is 0 Å². The number of benzene rings is 1. The van der Waals surface area contributed by atoms with E-state index in [-0.39, 0.29) is 16.3 Å². The van der Waals surface area contributed by atoms with Crippen molar-refractivity contribution in [1.29, 1.82) is 0 Å². The van der Waals surface area contributed by atoms with Crippen LogP contribution >= 0.6 is 27.5 Å². The third-order valence-corrected chi connectivity index (χ3v) is 3.56. The summed E-state index contributed by atoms with van der Waals surface area (Å²) in [5.41, 5.74) is 0.351. The third-order valence-electron chi connectivity index (χ3n) is 2.83. The zero-order valence-electron chi connectivity index (χ0n) is 10.8. The van der Waals surface area contributed by atoms with Crippen LogP contribution in [0.3, 0.4) is 0 Å². The average Bonchev–Trinajstić information content (AvgIpc) is 2.41. The third kappa shape index (κ3) is 3.77. The molecule has 21 heavy (non-hydrogen) atoms. The van der Waals surface area contributed by atoms with Crippen LogP contribution in [0.25, 0.3) is 0 Å². The Morgan fingerprint density at radius 1 is 1.38 bits per heavy atom. The number of rotatable bonds is 3. The molecule has 1 amide bonds. The normalized spacial score (nSPS) is 12.0. The Labute approximate surface area is 133 Å². The van der Waals surface area contributed by atoms with Crippen LogP contribution in [-0.2, 0) is 0 Å². The Bertz CT molecular complexity index is 697. The largest absolute Gasteiger partial charge is 0.345 e. The molecule has 1 unspecified atom stereocenters. The Morgan fingerprint density at radius 2 is 2.10 bits per heavy atom. The lowest BCUT2D eigenvalue weighted by Gasteiger charge is -2.15. The molecular weight excluding hydrogens is 366 g/mol. The van der Waals surface area contributed by atoms with Gasteiger partial charge in [-0.3, -0.25) is 4.79 Å². The molecule has 0 aliphatic heterocycles. The van der Waals surface area contributed by atoms with Crippen LogP contribution in [0.2, 0.25) is 5.15 Å². The number of carbonyl (C=O) groups excluding carboxylic acids is 1. The van der Waals surface area contributed by atoms with E-state index in [1.807, 2.05) is 0 Å². The van der Waals surface area contributed by atoms with Gasteiger partial charge in [-0.05, 0) is 35.0 Å². The maximum atomic E-state index is 13.7. The van der Waals surface area contributed by atoms with Gasteiger partial charge in [-0.15, -0.1) is 0 Å². The van der Waals surface area contributed by atoms with Gasteiger partial charge < -0.3 is 5.32 Å². The van der Waals surface area contributed by atoms with Crippen LogP contribution in [0.4, 0.5) is 8.78 Å². The van der Waals surface area contributed by atoms with Crippen LogP contribution in [-0.4, -0.2) is 10.9 Å². The first kappa shape index (κ1) is 15.9. The van der Waals surface area contributed by atoms with E-state index < -0.39 is 23.6 Å². The van der Waals surface area contributed by atoms with Crippen molar-refractivity contribution in [2.45, 2.75) is 13.0 Å². The summed E-state index contributed by atoms with van der Waals surface area (Å²) in [4.78, 5) is 16.0. The molecule has 0 spiro atoms. The zero-order chi connectivity index (χ0) is 15.6. The molecule has 2 aromatic rings. The second-order valence-corrected chi connectivity index (χ2v) is 5.63. The average molecular weight is 376 g/mol. The Kier molecular flexibility index (Phi) is 4.90. The molecule has 110 valence electrons. The first-order chi connectivity index (χ1) is 9.88. The van der Waals surface area contributed by atoms with Gasteiger partial charge in [0, 0.05) is 22.3 Å². The van der Waals surface area contributed by atoms with E-state index in [0.717, 1.165) is 12.1 Å². The van der Waals surface area contributed by atoms with Gasteiger partial charge in [-0.25, -0.2) is 13.8 Å². The molecule has 0 saturated heterocycles. The lowest BCUT2D eigenvalue weighted by atomic mass is 10.1. The van der Waals surface area contributed by atoms with Gasteiger partial charge in [0.1, 0.15) is 16.8 Å². The highest BCUT2D eigenvalue weighted by atomic mass is 79.9. The second-order valence-electron chi connectivity index (χ2n) is 4.35. The maximum Gasteiger partial charge on any atom is 0.254 e. The summed E-state index contributed by atoms with van der Waals surface area (Å²) in [5.74, 6) is -1.89. The number of nitrogens with one attached hydrogen (secondary N) is 1. The smallest absolute Gasteiger partial charge is 0.254 e. The molecule has 1 atom stereocenters. The standard InChI is InChI=1S/C14H10BrClF2N2O/c1-7(10-3-2-9(17)5-12(10)18)20-14(21)11-4-8(15)6-19-13(11)16/h2-7H,1H3,(H,20,21). The van der Waals surface area contributed by atoms with E-state index in [0.29, 0.717) is 4.47 Å². The minimum Gasteiger partial charge on any atom is -0.345 e. The number of aromatic nitrogens is 1. The Balaban J connectivity index is 2.20. The number of pyridine rings is 1. The van der Waals surface area contributed by atoms with Gasteiger partial charge in [0.05, 0.1) is 11.6 Å². The van der Waals surface area contributed by atoms with Crippen molar-refractivity contribution in [1.82, 2.24) is 10.3 Å². The van der Waals surface area contributed by atoms with E-state index >= 15 is 0 Å². The van der Waals surface area contributed by atoms with Crippen LogP contribution in [0, 0.1) is 11.6 Å². The van der Waals surface area contributed by atoms with Crippen LogP contribution < -0.4 is 5.32 Å². The van der Waals surface area contributed by atoms with Gasteiger partial charge in [-0.1, -0.05) is 17.7 Å². The summed E-state index contributed by atoms with van der Waals surface area (Å²) in [6.07, 6.45) is 1.46. The molecule has 1 N–H and O–H groups in total. The number of hydrogen-bond acceptors (Lipinski definition) is 2. The Hall–Kier alpha value is -1.53. The van der Waals surface area contributed by atoms with Crippen molar-refractivity contribution in [2.24, 2.45) is 0 Å². The number of hydrogen-bond donors (Lipinski definition) is 1. The topological polar surface area (TPSA) is 42.0 Å². The number of carbonyl (C=O) groups is 1. The van der Waals surface area contributed by atoms with Crippen molar-refractivity contribution in [2.75, 3.05) is 0 Å². The van der Waals surface area contributed by atoms with Crippen LogP contribution in [0.15, 0.2) is 34.9 Å². The maximum absolute atomic E-state index is 13.7. The van der Waals surface area contributed by atoms with Crippen molar-refractivity contribution in [3.63, 3.8) is 0 Å². The molecule has 0 bridgehead atoms. The predicted octanol–water partition coefficient (Wildman–Crippen LogP) is 4.27. The van der Waals surface area contributed by atoms with E-state index in [9.17, 15) is 13.6 Å². The van der Waals surface area contributed by atoms with E-state index in [1.54, 1.807) is 6.92 Å².